The molecule has 1 aliphatic heterocycles. The molecule has 11 heavy (non-hydrogen) atoms. The molecule has 0 bridgehead atoms. The molecule has 0 nitrogen and oxygen atoms in total. The van der Waals surface area contributed by atoms with Crippen molar-refractivity contribution in [2.45, 2.75) is 4.07 Å². The van der Waals surface area contributed by atoms with Crippen molar-refractivity contribution in [3.05, 3.63) is 30.3 Å². The lowest BCUT2D eigenvalue weighted by atomic mass is 10.4. The first kappa shape index (κ1) is 7.86. The lowest BCUT2D eigenvalue weighted by Crippen LogP contribution is -1.93. The van der Waals surface area contributed by atoms with Gasteiger partial charge in [0.05, 0.1) is 0 Å². The van der Waals surface area contributed by atoms with Crippen molar-refractivity contribution in [2.75, 3.05) is 6.16 Å². The topological polar surface area (TPSA) is 0 Å². The van der Waals surface area contributed by atoms with Gasteiger partial charge in [0.1, 0.15) is 4.07 Å². The van der Waals surface area contributed by atoms with Crippen LogP contribution in [0.3, 0.4) is 0 Å². The zero-order chi connectivity index (χ0) is 7.90. The average molecular weight is 205 g/mol. The SMILES string of the molecule is ClC1(Cl)CP1c1ccccc1. The predicted molar refractivity (Wildman–Crippen MR) is 52.3 cm³/mol. The van der Waals surface area contributed by atoms with Crippen LogP contribution in [0, 0.1) is 0 Å². The second-order valence-corrected chi connectivity index (χ2v) is 7.05. The molecular formula is C8H7Cl2P. The summed E-state index contributed by atoms with van der Waals surface area (Å²) in [7, 11) is -0.258. The number of benzene rings is 1. The van der Waals surface area contributed by atoms with Crippen LogP contribution in [0.2, 0.25) is 0 Å². The maximum atomic E-state index is 5.94. The van der Waals surface area contributed by atoms with Gasteiger partial charge in [-0.05, 0) is 13.2 Å². The molecule has 1 aromatic carbocycles. The summed E-state index contributed by atoms with van der Waals surface area (Å²) in [6.07, 6.45) is 0.954. The van der Waals surface area contributed by atoms with Crippen LogP contribution >= 0.6 is 31.1 Å². The Balaban J connectivity index is 2.21. The monoisotopic (exact) mass is 204 g/mol. The predicted octanol–water partition coefficient (Wildman–Crippen LogP) is 2.94. The van der Waals surface area contributed by atoms with E-state index in [9.17, 15) is 0 Å². The van der Waals surface area contributed by atoms with Gasteiger partial charge in [0.25, 0.3) is 0 Å². The van der Waals surface area contributed by atoms with E-state index in [0.717, 1.165) is 6.16 Å². The van der Waals surface area contributed by atoms with Crippen molar-refractivity contribution in [3.63, 3.8) is 0 Å². The van der Waals surface area contributed by atoms with Gasteiger partial charge < -0.3 is 0 Å². The van der Waals surface area contributed by atoms with Gasteiger partial charge in [0.15, 0.2) is 0 Å². The van der Waals surface area contributed by atoms with E-state index >= 15 is 0 Å². The normalized spacial score (nSPS) is 26.5. The minimum absolute atomic E-state index is 0.258. The molecule has 0 N–H and O–H groups in total. The van der Waals surface area contributed by atoms with Crippen LogP contribution in [0.1, 0.15) is 0 Å². The summed E-state index contributed by atoms with van der Waals surface area (Å²) in [5.74, 6) is 0. The molecule has 1 heterocycles. The molecule has 1 unspecified atom stereocenters. The van der Waals surface area contributed by atoms with E-state index in [-0.39, 0.29) is 7.92 Å². The van der Waals surface area contributed by atoms with Crippen molar-refractivity contribution < 1.29 is 0 Å². The molecule has 0 aliphatic carbocycles. The Hall–Kier alpha value is 0.230. The Morgan fingerprint density at radius 3 is 2.18 bits per heavy atom. The third-order valence-corrected chi connectivity index (χ3v) is 5.85. The molecule has 3 heteroatoms. The smallest absolute Gasteiger partial charge is 0.0958 e. The van der Waals surface area contributed by atoms with Crippen molar-refractivity contribution in [1.29, 1.82) is 0 Å². The second kappa shape index (κ2) is 2.62. The minimum atomic E-state index is -0.420. The zero-order valence-electron chi connectivity index (χ0n) is 5.80. The Morgan fingerprint density at radius 1 is 1.18 bits per heavy atom. The van der Waals surface area contributed by atoms with Gasteiger partial charge in [-0.2, -0.15) is 0 Å². The number of halogens is 2. The maximum absolute atomic E-state index is 5.94. The molecule has 1 aliphatic rings. The standard InChI is InChI=1S/C8H7Cl2P/c9-8(10)6-11(8)7-4-2-1-3-5-7/h1-5H,6H2. The van der Waals surface area contributed by atoms with E-state index in [1.54, 1.807) is 0 Å². The van der Waals surface area contributed by atoms with Gasteiger partial charge in [0, 0.05) is 6.16 Å². The van der Waals surface area contributed by atoms with Crippen molar-refractivity contribution in [3.8, 4) is 0 Å². The molecule has 1 fully saturated rings. The Morgan fingerprint density at radius 2 is 1.73 bits per heavy atom. The lowest BCUT2D eigenvalue weighted by Gasteiger charge is -1.98. The van der Waals surface area contributed by atoms with E-state index in [4.69, 9.17) is 23.2 Å². The van der Waals surface area contributed by atoms with Crippen molar-refractivity contribution >= 4 is 36.4 Å². The van der Waals surface area contributed by atoms with Crippen LogP contribution in [0.25, 0.3) is 0 Å². The molecule has 0 aromatic heterocycles. The number of hydrogen-bond acceptors (Lipinski definition) is 0. The lowest BCUT2D eigenvalue weighted by molar-refractivity contribution is 1.48. The van der Waals surface area contributed by atoms with E-state index in [1.165, 1.54) is 5.30 Å². The van der Waals surface area contributed by atoms with Crippen LogP contribution in [-0.4, -0.2) is 10.2 Å². The zero-order valence-corrected chi connectivity index (χ0v) is 8.20. The highest BCUT2D eigenvalue weighted by molar-refractivity contribution is 7.79. The summed E-state index contributed by atoms with van der Waals surface area (Å²) < 4.78 is -0.420. The first-order valence-electron chi connectivity index (χ1n) is 3.41. The third-order valence-electron chi connectivity index (χ3n) is 1.71. The van der Waals surface area contributed by atoms with E-state index in [1.807, 2.05) is 18.2 Å². The van der Waals surface area contributed by atoms with Crippen LogP contribution in [-0.2, 0) is 0 Å². The third kappa shape index (κ3) is 1.54. The van der Waals surface area contributed by atoms with Gasteiger partial charge in [-0.15, -0.1) is 0 Å². The number of rotatable bonds is 1. The summed E-state index contributed by atoms with van der Waals surface area (Å²) in [6, 6.07) is 10.3. The highest BCUT2D eigenvalue weighted by atomic mass is 35.5. The number of alkyl halides is 2. The fraction of sp³-hybridized carbons (Fsp3) is 0.250. The summed E-state index contributed by atoms with van der Waals surface area (Å²) in [5, 5.41) is 1.31. The van der Waals surface area contributed by atoms with E-state index in [2.05, 4.69) is 12.1 Å². The first-order valence-corrected chi connectivity index (χ1v) is 5.69. The van der Waals surface area contributed by atoms with Gasteiger partial charge in [-0.25, -0.2) is 0 Å². The maximum Gasteiger partial charge on any atom is 0.145 e. The van der Waals surface area contributed by atoms with Crippen LogP contribution in [0.15, 0.2) is 30.3 Å². The van der Waals surface area contributed by atoms with E-state index in [0.29, 0.717) is 0 Å². The fourth-order valence-corrected chi connectivity index (χ4v) is 3.96. The van der Waals surface area contributed by atoms with Crippen LogP contribution in [0.5, 0.6) is 0 Å². The molecule has 0 spiro atoms. The quantitative estimate of drug-likeness (QED) is 0.488. The molecule has 0 amide bonds. The van der Waals surface area contributed by atoms with Crippen molar-refractivity contribution in [1.82, 2.24) is 0 Å². The molecular weight excluding hydrogens is 198 g/mol. The molecule has 0 saturated carbocycles. The van der Waals surface area contributed by atoms with Crippen molar-refractivity contribution in [2.24, 2.45) is 0 Å². The second-order valence-electron chi connectivity index (χ2n) is 2.59. The van der Waals surface area contributed by atoms with E-state index < -0.39 is 4.07 Å². The highest BCUT2D eigenvalue weighted by Crippen LogP contribution is 2.72. The minimum Gasteiger partial charge on any atom is -0.0958 e. The molecule has 2 rings (SSSR count). The van der Waals surface area contributed by atoms with Crippen LogP contribution < -0.4 is 5.30 Å². The Bertz CT molecular complexity index is 258. The summed E-state index contributed by atoms with van der Waals surface area (Å²) in [4.78, 5) is 0. The van der Waals surface area contributed by atoms with Gasteiger partial charge >= 0.3 is 0 Å². The number of hydrogen-bond donors (Lipinski definition) is 0. The average Bonchev–Trinajstić information content (AvgIpc) is 2.62. The van der Waals surface area contributed by atoms with Gasteiger partial charge in [-0.1, -0.05) is 53.5 Å². The highest BCUT2D eigenvalue weighted by Gasteiger charge is 2.52. The van der Waals surface area contributed by atoms with Gasteiger partial charge in [-0.3, -0.25) is 0 Å². The summed E-state index contributed by atoms with van der Waals surface area (Å²) >= 11 is 11.9. The summed E-state index contributed by atoms with van der Waals surface area (Å²) in [6.45, 7) is 0. The molecule has 1 aromatic rings. The molecule has 1 atom stereocenters. The molecule has 58 valence electrons. The Labute approximate surface area is 77.3 Å². The molecule has 0 radical (unpaired) electrons. The Kier molecular flexibility index (Phi) is 1.87. The first-order chi connectivity index (χ1) is 5.20. The van der Waals surface area contributed by atoms with Crippen LogP contribution in [0.4, 0.5) is 0 Å². The van der Waals surface area contributed by atoms with Gasteiger partial charge in [0.2, 0.25) is 0 Å². The fourth-order valence-electron chi connectivity index (χ4n) is 1.04. The molecule has 1 saturated heterocycles. The summed E-state index contributed by atoms with van der Waals surface area (Å²) in [5.41, 5.74) is 0. The largest absolute Gasteiger partial charge is 0.145 e.